The largest absolute Gasteiger partial charge is 0.478 e. The summed E-state index contributed by atoms with van der Waals surface area (Å²) in [5, 5.41) is 12.3. The van der Waals surface area contributed by atoms with E-state index in [2.05, 4.69) is 10.3 Å². The lowest BCUT2D eigenvalue weighted by Crippen LogP contribution is -2.09. The average Bonchev–Trinajstić information content (AvgIpc) is 2.55. The number of carboxylic acid groups (broad SMARTS) is 1. The lowest BCUT2D eigenvalue weighted by Gasteiger charge is -2.15. The molecule has 26 heavy (non-hydrogen) atoms. The van der Waals surface area contributed by atoms with Gasteiger partial charge >= 0.3 is 12.1 Å². The number of aromatic carboxylic acids is 1. The van der Waals surface area contributed by atoms with Crippen molar-refractivity contribution in [3.8, 4) is 0 Å². The van der Waals surface area contributed by atoms with E-state index >= 15 is 0 Å². The van der Waals surface area contributed by atoms with Crippen LogP contribution in [0.2, 0.25) is 0 Å². The zero-order valence-electron chi connectivity index (χ0n) is 13.0. The van der Waals surface area contributed by atoms with E-state index in [1.807, 2.05) is 0 Å². The number of nitrogen functional groups attached to an aromatic ring is 1. The molecule has 3 aromatic rings. The summed E-state index contributed by atoms with van der Waals surface area (Å²) in [5.41, 5.74) is 5.14. The predicted octanol–water partition coefficient (Wildman–Crippen LogP) is 4.70. The minimum absolute atomic E-state index is 0. The number of nitrogens with zero attached hydrogens (tertiary/aromatic N) is 1. The Morgan fingerprint density at radius 3 is 2.35 bits per heavy atom. The van der Waals surface area contributed by atoms with E-state index in [4.69, 9.17) is 5.73 Å². The van der Waals surface area contributed by atoms with Crippen molar-refractivity contribution in [3.05, 3.63) is 59.8 Å². The molecule has 0 atom stereocenters. The Morgan fingerprint density at radius 1 is 1.12 bits per heavy atom. The van der Waals surface area contributed by atoms with Gasteiger partial charge in [0.15, 0.2) is 0 Å². The zero-order chi connectivity index (χ0) is 18.2. The van der Waals surface area contributed by atoms with Gasteiger partial charge in [0.25, 0.3) is 0 Å². The molecule has 1 heterocycles. The van der Waals surface area contributed by atoms with E-state index in [0.29, 0.717) is 11.4 Å². The van der Waals surface area contributed by atoms with Crippen molar-refractivity contribution in [2.75, 3.05) is 11.1 Å². The molecule has 136 valence electrons. The van der Waals surface area contributed by atoms with Gasteiger partial charge in [0.2, 0.25) is 0 Å². The summed E-state index contributed by atoms with van der Waals surface area (Å²) in [6.45, 7) is 0. The SMILES string of the molecule is Cl.Nc1ccc(Nc2c(C(=O)O)cnc3c(C(F)(F)F)cccc23)cc1. The number of alkyl halides is 3. The molecule has 2 aromatic carbocycles. The van der Waals surface area contributed by atoms with Crippen LogP contribution in [0.3, 0.4) is 0 Å². The van der Waals surface area contributed by atoms with Gasteiger partial charge in [-0.15, -0.1) is 12.4 Å². The highest BCUT2D eigenvalue weighted by Crippen LogP contribution is 2.37. The van der Waals surface area contributed by atoms with Crippen LogP contribution in [-0.2, 0) is 6.18 Å². The van der Waals surface area contributed by atoms with Crippen LogP contribution in [0.5, 0.6) is 0 Å². The molecule has 0 bridgehead atoms. The first-order valence-electron chi connectivity index (χ1n) is 7.12. The summed E-state index contributed by atoms with van der Waals surface area (Å²) < 4.78 is 39.6. The highest BCUT2D eigenvalue weighted by Gasteiger charge is 2.33. The van der Waals surface area contributed by atoms with Crippen molar-refractivity contribution >= 4 is 46.3 Å². The van der Waals surface area contributed by atoms with Crippen molar-refractivity contribution in [2.45, 2.75) is 6.18 Å². The summed E-state index contributed by atoms with van der Waals surface area (Å²) in [5.74, 6) is -1.30. The molecule has 0 spiro atoms. The number of pyridine rings is 1. The lowest BCUT2D eigenvalue weighted by molar-refractivity contribution is -0.136. The van der Waals surface area contributed by atoms with Crippen LogP contribution >= 0.6 is 12.4 Å². The number of anilines is 3. The molecule has 3 rings (SSSR count). The van der Waals surface area contributed by atoms with Crippen LogP contribution in [0, 0.1) is 0 Å². The van der Waals surface area contributed by atoms with E-state index in [1.165, 1.54) is 12.1 Å². The van der Waals surface area contributed by atoms with Gasteiger partial charge < -0.3 is 16.2 Å². The van der Waals surface area contributed by atoms with Crippen LogP contribution in [0.1, 0.15) is 15.9 Å². The van der Waals surface area contributed by atoms with Gasteiger partial charge in [0.1, 0.15) is 5.56 Å². The number of carbonyl (C=O) groups is 1. The second-order valence-electron chi connectivity index (χ2n) is 5.30. The Bertz CT molecular complexity index is 960. The molecule has 0 unspecified atom stereocenters. The van der Waals surface area contributed by atoms with Crippen molar-refractivity contribution in [1.82, 2.24) is 4.98 Å². The predicted molar refractivity (Wildman–Crippen MR) is 95.1 cm³/mol. The number of para-hydroxylation sites is 1. The Hall–Kier alpha value is -3.00. The lowest BCUT2D eigenvalue weighted by atomic mass is 10.0. The fourth-order valence-corrected chi connectivity index (χ4v) is 2.46. The van der Waals surface area contributed by atoms with Crippen molar-refractivity contribution < 1.29 is 23.1 Å². The molecule has 0 saturated heterocycles. The van der Waals surface area contributed by atoms with E-state index in [0.717, 1.165) is 12.3 Å². The highest BCUT2D eigenvalue weighted by molar-refractivity contribution is 6.06. The first-order chi connectivity index (χ1) is 11.8. The Kier molecular flexibility index (Phi) is 5.27. The van der Waals surface area contributed by atoms with Gasteiger partial charge in [-0.05, 0) is 30.3 Å². The van der Waals surface area contributed by atoms with Gasteiger partial charge in [-0.25, -0.2) is 4.79 Å². The maximum atomic E-state index is 13.2. The molecular weight excluding hydrogens is 371 g/mol. The van der Waals surface area contributed by atoms with Gasteiger partial charge in [-0.2, -0.15) is 13.2 Å². The first kappa shape index (κ1) is 19.3. The molecule has 0 aliphatic carbocycles. The molecule has 0 aliphatic heterocycles. The van der Waals surface area contributed by atoms with Gasteiger partial charge in [0, 0.05) is 23.0 Å². The van der Waals surface area contributed by atoms with Gasteiger partial charge in [-0.3, -0.25) is 4.98 Å². The maximum absolute atomic E-state index is 13.2. The van der Waals surface area contributed by atoms with Crippen molar-refractivity contribution in [3.63, 3.8) is 0 Å². The third-order valence-electron chi connectivity index (χ3n) is 3.61. The summed E-state index contributed by atoms with van der Waals surface area (Å²) in [6.07, 6.45) is -3.69. The summed E-state index contributed by atoms with van der Waals surface area (Å²) in [4.78, 5) is 15.2. The van der Waals surface area contributed by atoms with E-state index < -0.39 is 17.7 Å². The topological polar surface area (TPSA) is 88.2 Å². The molecule has 1 aromatic heterocycles. The standard InChI is InChI=1S/C17H12F3N3O2.ClH/c18-17(19,20)13-3-1-2-11-14(12(16(24)25)8-22-15(11)13)23-10-6-4-9(21)5-7-10;/h1-8H,21H2,(H,22,23)(H,24,25);1H. The number of hydrogen-bond acceptors (Lipinski definition) is 4. The van der Waals surface area contributed by atoms with Crippen LogP contribution < -0.4 is 11.1 Å². The number of aromatic nitrogens is 1. The van der Waals surface area contributed by atoms with Crippen molar-refractivity contribution in [2.24, 2.45) is 0 Å². The highest BCUT2D eigenvalue weighted by atomic mass is 35.5. The number of benzene rings is 2. The Labute approximate surface area is 152 Å². The summed E-state index contributed by atoms with van der Waals surface area (Å²) in [6, 6.07) is 9.89. The molecular formula is C17H13ClF3N3O2. The molecule has 0 aliphatic rings. The number of nitrogens with one attached hydrogen (secondary N) is 1. The molecule has 5 nitrogen and oxygen atoms in total. The molecule has 0 saturated carbocycles. The molecule has 0 amide bonds. The van der Waals surface area contributed by atoms with E-state index in [1.54, 1.807) is 24.3 Å². The minimum atomic E-state index is -4.60. The third-order valence-corrected chi connectivity index (χ3v) is 3.61. The minimum Gasteiger partial charge on any atom is -0.478 e. The Balaban J connectivity index is 0.00000243. The summed E-state index contributed by atoms with van der Waals surface area (Å²) >= 11 is 0. The molecule has 0 radical (unpaired) electrons. The van der Waals surface area contributed by atoms with Gasteiger partial charge in [0.05, 0.1) is 16.8 Å². The third kappa shape index (κ3) is 3.65. The normalized spacial score (nSPS) is 11.0. The number of rotatable bonds is 3. The summed E-state index contributed by atoms with van der Waals surface area (Å²) in [7, 11) is 0. The molecule has 0 fully saturated rings. The fourth-order valence-electron chi connectivity index (χ4n) is 2.46. The van der Waals surface area contributed by atoms with Gasteiger partial charge in [-0.1, -0.05) is 12.1 Å². The number of halogens is 4. The van der Waals surface area contributed by atoms with Crippen LogP contribution in [0.4, 0.5) is 30.2 Å². The second kappa shape index (κ2) is 7.09. The van der Waals surface area contributed by atoms with Crippen molar-refractivity contribution in [1.29, 1.82) is 0 Å². The zero-order valence-corrected chi connectivity index (χ0v) is 13.9. The quantitative estimate of drug-likeness (QED) is 0.570. The number of fused-ring (bicyclic) bond motifs is 1. The number of carboxylic acids is 1. The van der Waals surface area contributed by atoms with Crippen LogP contribution in [-0.4, -0.2) is 16.1 Å². The Morgan fingerprint density at radius 2 is 1.77 bits per heavy atom. The second-order valence-corrected chi connectivity index (χ2v) is 5.30. The molecule has 9 heteroatoms. The number of nitrogens with two attached hydrogens (primary N) is 1. The average molecular weight is 384 g/mol. The van der Waals surface area contributed by atoms with Crippen LogP contribution in [0.25, 0.3) is 10.9 Å². The monoisotopic (exact) mass is 383 g/mol. The maximum Gasteiger partial charge on any atom is 0.418 e. The van der Waals surface area contributed by atoms with Crippen LogP contribution in [0.15, 0.2) is 48.7 Å². The van der Waals surface area contributed by atoms with E-state index in [-0.39, 0.29) is 34.6 Å². The molecule has 4 N–H and O–H groups in total. The first-order valence-corrected chi connectivity index (χ1v) is 7.12. The van der Waals surface area contributed by atoms with E-state index in [9.17, 15) is 23.1 Å². The number of hydrogen-bond donors (Lipinski definition) is 3. The smallest absolute Gasteiger partial charge is 0.418 e. The fraction of sp³-hybridized carbons (Fsp3) is 0.0588.